The predicted molar refractivity (Wildman–Crippen MR) is 65.4 cm³/mol. The molecule has 82 valence electrons. The Morgan fingerprint density at radius 1 is 1.12 bits per heavy atom. The van der Waals surface area contributed by atoms with Crippen molar-refractivity contribution in [1.29, 1.82) is 0 Å². The fourth-order valence-corrected chi connectivity index (χ4v) is 1.50. The Labute approximate surface area is 95.6 Å². The average Bonchev–Trinajstić information content (AvgIpc) is 2.30. The number of aromatic nitrogens is 2. The van der Waals surface area contributed by atoms with Crippen molar-refractivity contribution >= 4 is 5.95 Å². The quantitative estimate of drug-likeness (QED) is 0.847. The molecule has 0 saturated heterocycles. The molecular formula is C13H15N3. The SMILES string of the molecule is Cc1ccnc(NCCc2ccccc2)n1. The molecule has 0 aliphatic rings. The van der Waals surface area contributed by atoms with E-state index in [0.717, 1.165) is 18.7 Å². The van der Waals surface area contributed by atoms with Gasteiger partial charge in [-0.3, -0.25) is 0 Å². The lowest BCUT2D eigenvalue weighted by atomic mass is 10.1. The van der Waals surface area contributed by atoms with Gasteiger partial charge in [0.2, 0.25) is 5.95 Å². The van der Waals surface area contributed by atoms with Crippen molar-refractivity contribution in [3.8, 4) is 0 Å². The number of nitrogens with one attached hydrogen (secondary N) is 1. The minimum absolute atomic E-state index is 0.705. The molecule has 2 rings (SSSR count). The molecule has 16 heavy (non-hydrogen) atoms. The number of anilines is 1. The van der Waals surface area contributed by atoms with E-state index in [0.29, 0.717) is 5.95 Å². The molecule has 0 atom stereocenters. The van der Waals surface area contributed by atoms with Gasteiger partial charge in [-0.15, -0.1) is 0 Å². The van der Waals surface area contributed by atoms with Crippen molar-refractivity contribution in [2.24, 2.45) is 0 Å². The lowest BCUT2D eigenvalue weighted by Gasteiger charge is -2.04. The summed E-state index contributed by atoms with van der Waals surface area (Å²) in [5.41, 5.74) is 2.31. The van der Waals surface area contributed by atoms with Gasteiger partial charge in [-0.1, -0.05) is 30.3 Å². The van der Waals surface area contributed by atoms with E-state index in [1.54, 1.807) is 6.20 Å². The zero-order chi connectivity index (χ0) is 11.2. The highest BCUT2D eigenvalue weighted by atomic mass is 15.1. The van der Waals surface area contributed by atoms with E-state index in [9.17, 15) is 0 Å². The standard InChI is InChI=1S/C13H15N3/c1-11-7-9-14-13(16-11)15-10-8-12-5-3-2-4-6-12/h2-7,9H,8,10H2,1H3,(H,14,15,16). The molecule has 3 nitrogen and oxygen atoms in total. The van der Waals surface area contributed by atoms with E-state index in [1.165, 1.54) is 5.56 Å². The first-order valence-electron chi connectivity index (χ1n) is 5.42. The van der Waals surface area contributed by atoms with Gasteiger partial charge in [0.1, 0.15) is 0 Å². The van der Waals surface area contributed by atoms with Crippen LogP contribution >= 0.6 is 0 Å². The molecule has 1 aromatic heterocycles. The van der Waals surface area contributed by atoms with Crippen LogP contribution in [0.1, 0.15) is 11.3 Å². The first-order valence-corrected chi connectivity index (χ1v) is 5.42. The van der Waals surface area contributed by atoms with Crippen LogP contribution < -0.4 is 5.32 Å². The number of rotatable bonds is 4. The van der Waals surface area contributed by atoms with Gasteiger partial charge in [0.15, 0.2) is 0 Å². The van der Waals surface area contributed by atoms with E-state index < -0.39 is 0 Å². The maximum absolute atomic E-state index is 4.28. The Hall–Kier alpha value is -1.90. The molecule has 0 unspecified atom stereocenters. The van der Waals surface area contributed by atoms with Crippen LogP contribution in [-0.2, 0) is 6.42 Å². The Kier molecular flexibility index (Phi) is 3.49. The van der Waals surface area contributed by atoms with Gasteiger partial charge in [0, 0.05) is 18.4 Å². The van der Waals surface area contributed by atoms with E-state index in [2.05, 4.69) is 39.6 Å². The van der Waals surface area contributed by atoms with Gasteiger partial charge in [0.05, 0.1) is 0 Å². The van der Waals surface area contributed by atoms with Crippen LogP contribution in [0.4, 0.5) is 5.95 Å². The van der Waals surface area contributed by atoms with Crippen LogP contribution in [0, 0.1) is 6.92 Å². The van der Waals surface area contributed by atoms with Crippen molar-refractivity contribution in [3.63, 3.8) is 0 Å². The van der Waals surface area contributed by atoms with Gasteiger partial charge in [-0.25, -0.2) is 9.97 Å². The van der Waals surface area contributed by atoms with Crippen molar-refractivity contribution in [2.75, 3.05) is 11.9 Å². The monoisotopic (exact) mass is 213 g/mol. The second-order valence-electron chi connectivity index (χ2n) is 3.68. The highest BCUT2D eigenvalue weighted by molar-refractivity contribution is 5.25. The Bertz CT molecular complexity index is 440. The maximum atomic E-state index is 4.28. The highest BCUT2D eigenvalue weighted by Gasteiger charge is 1.95. The molecule has 1 N–H and O–H groups in total. The molecule has 0 aliphatic heterocycles. The molecular weight excluding hydrogens is 198 g/mol. The fraction of sp³-hybridized carbons (Fsp3) is 0.231. The van der Waals surface area contributed by atoms with Gasteiger partial charge in [-0.2, -0.15) is 0 Å². The zero-order valence-electron chi connectivity index (χ0n) is 9.35. The third kappa shape index (κ3) is 3.05. The summed E-state index contributed by atoms with van der Waals surface area (Å²) in [7, 11) is 0. The summed E-state index contributed by atoms with van der Waals surface area (Å²) in [5.74, 6) is 0.705. The van der Waals surface area contributed by atoms with E-state index >= 15 is 0 Å². The van der Waals surface area contributed by atoms with Crippen molar-refractivity contribution in [2.45, 2.75) is 13.3 Å². The van der Waals surface area contributed by atoms with Crippen LogP contribution in [-0.4, -0.2) is 16.5 Å². The van der Waals surface area contributed by atoms with Gasteiger partial charge >= 0.3 is 0 Å². The number of benzene rings is 1. The number of aryl methyl sites for hydroxylation is 1. The topological polar surface area (TPSA) is 37.8 Å². The highest BCUT2D eigenvalue weighted by Crippen LogP contribution is 2.02. The fourth-order valence-electron chi connectivity index (χ4n) is 1.50. The molecule has 3 heteroatoms. The first-order chi connectivity index (χ1) is 7.84. The first kappa shape index (κ1) is 10.6. The molecule has 0 aliphatic carbocycles. The summed E-state index contributed by atoms with van der Waals surface area (Å²) >= 11 is 0. The minimum atomic E-state index is 0.705. The third-order valence-corrected chi connectivity index (χ3v) is 2.33. The minimum Gasteiger partial charge on any atom is -0.354 e. The summed E-state index contributed by atoms with van der Waals surface area (Å²) < 4.78 is 0. The maximum Gasteiger partial charge on any atom is 0.222 e. The molecule has 0 radical (unpaired) electrons. The molecule has 2 aromatic rings. The van der Waals surface area contributed by atoms with E-state index in [4.69, 9.17) is 0 Å². The summed E-state index contributed by atoms with van der Waals surface area (Å²) in [6.45, 7) is 2.82. The number of nitrogens with zero attached hydrogens (tertiary/aromatic N) is 2. The molecule has 0 fully saturated rings. The Balaban J connectivity index is 1.85. The largest absolute Gasteiger partial charge is 0.354 e. The van der Waals surface area contributed by atoms with E-state index in [1.807, 2.05) is 19.1 Å². The summed E-state index contributed by atoms with van der Waals surface area (Å²) in [6.07, 6.45) is 2.76. The van der Waals surface area contributed by atoms with Crippen molar-refractivity contribution in [3.05, 3.63) is 53.9 Å². The predicted octanol–water partition coefficient (Wildman–Crippen LogP) is 2.44. The van der Waals surface area contributed by atoms with Gasteiger partial charge in [-0.05, 0) is 25.0 Å². The van der Waals surface area contributed by atoms with Crippen LogP contribution in [0.5, 0.6) is 0 Å². The molecule has 0 amide bonds. The number of hydrogen-bond donors (Lipinski definition) is 1. The third-order valence-electron chi connectivity index (χ3n) is 2.33. The Morgan fingerprint density at radius 2 is 1.94 bits per heavy atom. The average molecular weight is 213 g/mol. The second-order valence-corrected chi connectivity index (χ2v) is 3.68. The van der Waals surface area contributed by atoms with Gasteiger partial charge in [0.25, 0.3) is 0 Å². The summed E-state index contributed by atoms with van der Waals surface area (Å²) in [6, 6.07) is 12.3. The zero-order valence-corrected chi connectivity index (χ0v) is 9.35. The molecule has 1 aromatic carbocycles. The Morgan fingerprint density at radius 3 is 2.69 bits per heavy atom. The smallest absolute Gasteiger partial charge is 0.222 e. The second kappa shape index (κ2) is 5.26. The van der Waals surface area contributed by atoms with Gasteiger partial charge < -0.3 is 5.32 Å². The van der Waals surface area contributed by atoms with Crippen molar-refractivity contribution in [1.82, 2.24) is 9.97 Å². The van der Waals surface area contributed by atoms with Crippen LogP contribution in [0.3, 0.4) is 0 Å². The lowest BCUT2D eigenvalue weighted by molar-refractivity contribution is 0.974. The van der Waals surface area contributed by atoms with E-state index in [-0.39, 0.29) is 0 Å². The van der Waals surface area contributed by atoms with Crippen LogP contribution in [0.15, 0.2) is 42.6 Å². The van der Waals surface area contributed by atoms with Crippen molar-refractivity contribution < 1.29 is 0 Å². The number of hydrogen-bond acceptors (Lipinski definition) is 3. The van der Waals surface area contributed by atoms with Crippen LogP contribution in [0.25, 0.3) is 0 Å². The molecule has 0 bridgehead atoms. The molecule has 0 saturated carbocycles. The normalized spacial score (nSPS) is 10.1. The molecule has 1 heterocycles. The van der Waals surface area contributed by atoms with Crippen LogP contribution in [0.2, 0.25) is 0 Å². The lowest BCUT2D eigenvalue weighted by Crippen LogP contribution is -2.08. The summed E-state index contributed by atoms with van der Waals surface area (Å²) in [4.78, 5) is 8.43. The molecule has 0 spiro atoms. The summed E-state index contributed by atoms with van der Waals surface area (Å²) in [5, 5.41) is 3.21.